The lowest BCUT2D eigenvalue weighted by Gasteiger charge is -2.29. The molecule has 3 N–H and O–H groups in total. The van der Waals surface area contributed by atoms with Crippen molar-refractivity contribution in [1.29, 1.82) is 0 Å². The minimum Gasteiger partial charge on any atom is -0.481 e. The fraction of sp³-hybridized carbons (Fsp3) is 0.452. The van der Waals surface area contributed by atoms with Crippen molar-refractivity contribution < 1.29 is 27.8 Å². The van der Waals surface area contributed by atoms with Gasteiger partial charge in [0.15, 0.2) is 0 Å². The van der Waals surface area contributed by atoms with Crippen LogP contribution in [0.15, 0.2) is 58.8 Å². The van der Waals surface area contributed by atoms with Crippen molar-refractivity contribution in [3.8, 4) is 11.1 Å². The largest absolute Gasteiger partial charge is 0.481 e. The average molecular weight is 605 g/mol. The van der Waals surface area contributed by atoms with E-state index in [1.807, 2.05) is 13.0 Å². The second-order valence-corrected chi connectivity index (χ2v) is 14.0. The van der Waals surface area contributed by atoms with E-state index >= 15 is 0 Å². The quantitative estimate of drug-likeness (QED) is 0.199. The number of rotatable bonds is 16. The molecule has 0 fully saturated rings. The number of aryl methyl sites for hydroxylation is 3. The molecule has 3 rings (SSSR count). The Morgan fingerprint density at radius 1 is 1.12 bits per heavy atom. The third-order valence-corrected chi connectivity index (χ3v) is 10.1. The number of halogens is 1. The summed E-state index contributed by atoms with van der Waals surface area (Å²) >= 11 is 1.75. The number of hydrogen-bond donors (Lipinski definition) is 3. The van der Waals surface area contributed by atoms with Crippen LogP contribution >= 0.6 is 11.3 Å². The summed E-state index contributed by atoms with van der Waals surface area (Å²) in [5.41, 5.74) is 1.62. The number of likely N-dealkylation sites (N-methyl/N-ethyl adjacent to an activating group) is 1. The maximum Gasteiger partial charge on any atom is 0.303 e. The molecule has 0 saturated heterocycles. The highest BCUT2D eigenvalue weighted by Crippen LogP contribution is 2.32. The third kappa shape index (κ3) is 9.18. The van der Waals surface area contributed by atoms with Crippen LogP contribution in [0.2, 0.25) is 0 Å². The molecule has 0 aliphatic heterocycles. The number of hydrogen-bond acceptors (Lipinski definition) is 6. The Morgan fingerprint density at radius 3 is 2.54 bits per heavy atom. The number of aliphatic carboxylic acids is 1. The Balaban J connectivity index is 1.68. The molecule has 2 aromatic carbocycles. The van der Waals surface area contributed by atoms with Gasteiger partial charge in [-0.2, -0.15) is 4.31 Å². The molecular formula is C31H41FN2O5S2. The van der Waals surface area contributed by atoms with Gasteiger partial charge in [-0.3, -0.25) is 4.79 Å². The van der Waals surface area contributed by atoms with Crippen molar-refractivity contribution in [2.75, 3.05) is 20.1 Å². The maximum atomic E-state index is 14.9. The highest BCUT2D eigenvalue weighted by atomic mass is 32.2. The number of carbonyl (C=O) groups is 1. The molecule has 1 atom stereocenters. The number of carboxylic acids is 1. The monoisotopic (exact) mass is 604 g/mol. The molecule has 7 nitrogen and oxygen atoms in total. The average Bonchev–Trinajstić information content (AvgIpc) is 3.44. The molecule has 0 aliphatic rings. The van der Waals surface area contributed by atoms with Crippen LogP contribution in [-0.2, 0) is 34.1 Å². The molecule has 1 aromatic heterocycles. The second kappa shape index (κ2) is 14.5. The van der Waals surface area contributed by atoms with Crippen molar-refractivity contribution >= 4 is 27.3 Å². The summed E-state index contributed by atoms with van der Waals surface area (Å²) in [7, 11) is -2.49. The van der Waals surface area contributed by atoms with Gasteiger partial charge in [0, 0.05) is 42.5 Å². The summed E-state index contributed by atoms with van der Waals surface area (Å²) in [5.74, 6) is -1.47. The van der Waals surface area contributed by atoms with Gasteiger partial charge in [-0.1, -0.05) is 31.2 Å². The van der Waals surface area contributed by atoms with E-state index in [9.17, 15) is 22.7 Å². The van der Waals surface area contributed by atoms with Gasteiger partial charge in [0.1, 0.15) is 5.82 Å². The van der Waals surface area contributed by atoms with Crippen molar-refractivity contribution in [2.45, 2.75) is 75.8 Å². The van der Waals surface area contributed by atoms with E-state index < -0.39 is 27.9 Å². The number of β-amino-alcohol motifs (C(OH)–C–C–N with tert-alkyl or cyclic N) is 1. The molecule has 41 heavy (non-hydrogen) atoms. The van der Waals surface area contributed by atoms with E-state index in [4.69, 9.17) is 5.11 Å². The minimum atomic E-state index is -3.94. The van der Waals surface area contributed by atoms with Gasteiger partial charge in [0.2, 0.25) is 10.0 Å². The summed E-state index contributed by atoms with van der Waals surface area (Å²) in [5, 5.41) is 25.2. The number of aliphatic hydroxyl groups is 1. The summed E-state index contributed by atoms with van der Waals surface area (Å²) < 4.78 is 43.1. The van der Waals surface area contributed by atoms with Crippen molar-refractivity contribution in [3.63, 3.8) is 0 Å². The van der Waals surface area contributed by atoms with Crippen LogP contribution in [-0.4, -0.2) is 60.7 Å². The van der Waals surface area contributed by atoms with Crippen LogP contribution in [0.4, 0.5) is 4.39 Å². The Labute approximate surface area is 247 Å². The zero-order valence-corrected chi connectivity index (χ0v) is 25.8. The summed E-state index contributed by atoms with van der Waals surface area (Å²) in [6.45, 7) is 6.14. The molecule has 224 valence electrons. The molecule has 0 saturated carbocycles. The van der Waals surface area contributed by atoms with Crippen LogP contribution in [0.1, 0.15) is 56.0 Å². The molecule has 0 amide bonds. The topological polar surface area (TPSA) is 107 Å². The molecule has 1 heterocycles. The predicted molar refractivity (Wildman–Crippen MR) is 162 cm³/mol. The SMILES string of the molecule is CCc1cc(-c2c(F)cccc2CCC(=O)O)ccc1S(=O)(=O)N(C)CC(O)CNC(C)(C)CCCc1cccs1. The molecule has 0 spiro atoms. The first-order valence-corrected chi connectivity index (χ1v) is 16.2. The molecular weight excluding hydrogens is 563 g/mol. The van der Waals surface area contributed by atoms with Crippen molar-refractivity contribution in [1.82, 2.24) is 9.62 Å². The van der Waals surface area contributed by atoms with Crippen molar-refractivity contribution in [2.24, 2.45) is 0 Å². The number of aliphatic hydroxyl groups excluding tert-OH is 1. The van der Waals surface area contributed by atoms with Gasteiger partial charge >= 0.3 is 5.97 Å². The van der Waals surface area contributed by atoms with Gasteiger partial charge in [-0.05, 0) is 92.3 Å². The minimum absolute atomic E-state index is 0.0852. The van der Waals surface area contributed by atoms with Crippen LogP contribution in [0.3, 0.4) is 0 Å². The van der Waals surface area contributed by atoms with Gasteiger partial charge in [-0.25, -0.2) is 12.8 Å². The van der Waals surface area contributed by atoms with E-state index in [-0.39, 0.29) is 41.9 Å². The fourth-order valence-corrected chi connectivity index (χ4v) is 7.10. The zero-order chi connectivity index (χ0) is 30.2. The maximum absolute atomic E-state index is 14.9. The first kappa shape index (κ1) is 32.9. The Kier molecular flexibility index (Phi) is 11.6. The summed E-state index contributed by atoms with van der Waals surface area (Å²) in [4.78, 5) is 12.5. The van der Waals surface area contributed by atoms with E-state index in [1.165, 1.54) is 30.1 Å². The number of carboxylic acid groups (broad SMARTS) is 1. The smallest absolute Gasteiger partial charge is 0.303 e. The molecule has 10 heteroatoms. The highest BCUT2D eigenvalue weighted by molar-refractivity contribution is 7.89. The number of nitrogens with one attached hydrogen (secondary N) is 1. The molecule has 0 bridgehead atoms. The lowest BCUT2D eigenvalue weighted by molar-refractivity contribution is -0.136. The van der Waals surface area contributed by atoms with E-state index in [1.54, 1.807) is 29.5 Å². The van der Waals surface area contributed by atoms with Crippen LogP contribution < -0.4 is 5.32 Å². The Morgan fingerprint density at radius 2 is 1.88 bits per heavy atom. The molecule has 0 radical (unpaired) electrons. The standard InChI is InChI=1S/C31H41FN2O5S2/c1-5-22-19-24(30-23(14-16-29(36)37)9-6-12-27(30)32)13-15-28(22)41(38,39)34(4)21-25(35)20-33-31(2,3)17-7-10-26-11-8-18-40-26/h6,8-9,11-13,15,18-19,25,33,35H,5,7,10,14,16-17,20-21H2,1-4H3,(H,36,37). The predicted octanol–water partition coefficient (Wildman–Crippen LogP) is 5.51. The van der Waals surface area contributed by atoms with E-state index in [0.29, 0.717) is 23.1 Å². The van der Waals surface area contributed by atoms with Crippen LogP contribution in [0.5, 0.6) is 0 Å². The van der Waals surface area contributed by atoms with Gasteiger partial charge in [0.05, 0.1) is 11.0 Å². The normalized spacial score (nSPS) is 13.0. The number of thiophene rings is 1. The van der Waals surface area contributed by atoms with E-state index in [2.05, 4.69) is 30.6 Å². The molecule has 1 unspecified atom stereocenters. The van der Waals surface area contributed by atoms with E-state index in [0.717, 1.165) is 23.6 Å². The number of nitrogens with zero attached hydrogens (tertiary/aromatic N) is 1. The van der Waals surface area contributed by atoms with Crippen molar-refractivity contribution in [3.05, 3.63) is 75.7 Å². The van der Waals surface area contributed by atoms with Gasteiger partial charge in [-0.15, -0.1) is 11.3 Å². The Bertz CT molecular complexity index is 1410. The summed E-state index contributed by atoms with van der Waals surface area (Å²) in [6.07, 6.45) is 2.42. The van der Waals surface area contributed by atoms with Gasteiger partial charge < -0.3 is 15.5 Å². The van der Waals surface area contributed by atoms with Crippen LogP contribution in [0, 0.1) is 5.82 Å². The Hall–Kier alpha value is -2.63. The van der Waals surface area contributed by atoms with Crippen LogP contribution in [0.25, 0.3) is 11.1 Å². The molecule has 0 aliphatic carbocycles. The zero-order valence-electron chi connectivity index (χ0n) is 24.2. The lowest BCUT2D eigenvalue weighted by Crippen LogP contribution is -2.46. The highest BCUT2D eigenvalue weighted by Gasteiger charge is 2.27. The lowest BCUT2D eigenvalue weighted by atomic mass is 9.94. The summed E-state index contributed by atoms with van der Waals surface area (Å²) in [6, 6.07) is 13.4. The number of benzene rings is 2. The fourth-order valence-electron chi connectivity index (χ4n) is 4.87. The second-order valence-electron chi connectivity index (χ2n) is 11.0. The number of sulfonamides is 1. The first-order chi connectivity index (χ1) is 19.3. The third-order valence-electron chi connectivity index (χ3n) is 7.22. The molecule has 3 aromatic rings. The van der Waals surface area contributed by atoms with Gasteiger partial charge in [0.25, 0.3) is 0 Å². The first-order valence-electron chi connectivity index (χ1n) is 13.9.